The van der Waals surface area contributed by atoms with Crippen molar-refractivity contribution in [2.24, 2.45) is 0 Å². The van der Waals surface area contributed by atoms with Crippen LogP contribution in [0.4, 0.5) is 0 Å². The molecule has 3 aliphatic rings. The van der Waals surface area contributed by atoms with Gasteiger partial charge in [-0.2, -0.15) is 0 Å². The zero-order valence-corrected chi connectivity index (χ0v) is 17.8. The second-order valence-corrected chi connectivity index (χ2v) is 10.0. The fraction of sp³-hybridized carbons (Fsp3) is 0.133. The van der Waals surface area contributed by atoms with Crippen LogP contribution in [-0.4, -0.2) is 0 Å². The number of hydrogen-bond donors (Lipinski definition) is 0. The highest BCUT2D eigenvalue weighted by molar-refractivity contribution is 7.25. The Bertz CT molecular complexity index is 1610. The molecule has 0 aliphatic heterocycles. The van der Waals surface area contributed by atoms with Gasteiger partial charge in [0.05, 0.1) is 10.8 Å². The van der Waals surface area contributed by atoms with Gasteiger partial charge in [0.1, 0.15) is 0 Å². The van der Waals surface area contributed by atoms with Gasteiger partial charge in [-0.05, 0) is 82.0 Å². The quantitative estimate of drug-likeness (QED) is 0.243. The van der Waals surface area contributed by atoms with E-state index in [1.54, 1.807) is 11.1 Å². The Morgan fingerprint density at radius 1 is 0.742 bits per heavy atom. The van der Waals surface area contributed by atoms with Crippen molar-refractivity contribution in [1.29, 1.82) is 0 Å². The first-order chi connectivity index (χ1) is 15.4. The normalized spacial score (nSPS) is 20.3. The molecule has 1 unspecified atom stereocenters. The molecule has 144 valence electrons. The minimum Gasteiger partial charge on any atom is -0.134 e. The second-order valence-electron chi connectivity index (χ2n) is 8.96. The lowest BCUT2D eigenvalue weighted by Crippen LogP contribution is -2.27. The van der Waals surface area contributed by atoms with Crippen LogP contribution in [0.3, 0.4) is 0 Å². The van der Waals surface area contributed by atoms with Crippen molar-refractivity contribution in [3.63, 3.8) is 0 Å². The maximum Gasteiger partial charge on any atom is 0.0692 e. The van der Waals surface area contributed by atoms with E-state index in [4.69, 9.17) is 0 Å². The van der Waals surface area contributed by atoms with E-state index in [-0.39, 0.29) is 5.41 Å². The van der Waals surface area contributed by atoms with E-state index in [9.17, 15) is 0 Å². The van der Waals surface area contributed by atoms with Crippen LogP contribution < -0.4 is 0 Å². The average Bonchev–Trinajstić information content (AvgIpc) is 3.56. The van der Waals surface area contributed by atoms with E-state index in [2.05, 4.69) is 78.9 Å². The summed E-state index contributed by atoms with van der Waals surface area (Å²) in [5.74, 6) is 0. The minimum atomic E-state index is -0.161. The van der Waals surface area contributed by atoms with E-state index in [0.29, 0.717) is 0 Å². The van der Waals surface area contributed by atoms with Gasteiger partial charge in [-0.15, -0.1) is 11.3 Å². The monoisotopic (exact) mass is 410 g/mol. The lowest BCUT2D eigenvalue weighted by molar-refractivity contribution is 0.719. The highest BCUT2D eigenvalue weighted by Gasteiger charge is 2.54. The molecule has 3 aliphatic carbocycles. The summed E-state index contributed by atoms with van der Waals surface area (Å²) in [6.45, 7) is 0. The third kappa shape index (κ3) is 1.74. The highest BCUT2D eigenvalue weighted by atomic mass is 32.1. The topological polar surface area (TPSA) is 0 Å². The minimum absolute atomic E-state index is 0.161. The molecule has 0 amide bonds. The molecule has 1 atom stereocenters. The van der Waals surface area contributed by atoms with Crippen LogP contribution in [0.1, 0.15) is 41.5 Å². The Hall–Kier alpha value is -3.34. The molecule has 1 heterocycles. The predicted molar refractivity (Wildman–Crippen MR) is 130 cm³/mol. The van der Waals surface area contributed by atoms with E-state index < -0.39 is 0 Å². The highest BCUT2D eigenvalue weighted by Crippen LogP contribution is 2.66. The lowest BCUT2D eigenvalue weighted by Gasteiger charge is -2.33. The Kier molecular flexibility index (Phi) is 2.89. The molecule has 0 radical (unpaired) electrons. The summed E-state index contributed by atoms with van der Waals surface area (Å²) in [5, 5.41) is 2.62. The smallest absolute Gasteiger partial charge is 0.0692 e. The molecule has 4 aromatic carbocycles. The molecule has 1 heteroatoms. The van der Waals surface area contributed by atoms with Crippen LogP contribution in [0, 0.1) is 12.1 Å². The van der Waals surface area contributed by atoms with Gasteiger partial charge in [0, 0.05) is 14.8 Å². The SMILES string of the molecule is c1ccc2sc3ccc4c(c3c2c#1)C1(C2=C(CCC2)c2ccccc21)c1ccccc1-4. The molecule has 31 heavy (non-hydrogen) atoms. The maximum atomic E-state index is 3.49. The van der Waals surface area contributed by atoms with Crippen molar-refractivity contribution in [1.82, 2.24) is 0 Å². The predicted octanol–water partition coefficient (Wildman–Crippen LogP) is 7.92. The van der Waals surface area contributed by atoms with Crippen molar-refractivity contribution < 1.29 is 0 Å². The molecule has 0 saturated carbocycles. The molecule has 1 aromatic heterocycles. The molecular weight excluding hydrogens is 392 g/mol. The fourth-order valence-corrected chi connectivity index (χ4v) is 7.83. The average molecular weight is 411 g/mol. The first kappa shape index (κ1) is 16.4. The molecule has 5 aromatic rings. The zero-order valence-electron chi connectivity index (χ0n) is 17.0. The van der Waals surface area contributed by atoms with Gasteiger partial charge in [0.25, 0.3) is 0 Å². The Labute approximate surface area is 185 Å². The van der Waals surface area contributed by atoms with Crippen molar-refractivity contribution in [2.75, 3.05) is 0 Å². The number of hydrogen-bond acceptors (Lipinski definition) is 1. The standard InChI is InChI=1S/C30H18S/c1-4-12-23-18(8-1)19-11-7-14-25(19)30(23)24-13-5-2-9-20(24)21-16-17-27-28(29(21)30)22-10-3-6-15-26(22)31-27/h1-2,4-6,8-9,12-13,15-17H,7,11,14H2. The summed E-state index contributed by atoms with van der Waals surface area (Å²) in [5.41, 5.74) is 11.8. The van der Waals surface area contributed by atoms with Gasteiger partial charge in [-0.25, -0.2) is 0 Å². The van der Waals surface area contributed by atoms with Crippen molar-refractivity contribution in [3.8, 4) is 11.1 Å². The summed E-state index contributed by atoms with van der Waals surface area (Å²) in [4.78, 5) is 0. The molecule has 0 fully saturated rings. The number of allylic oxidation sites excluding steroid dienone is 2. The summed E-state index contributed by atoms with van der Waals surface area (Å²) in [6.07, 6.45) is 3.65. The van der Waals surface area contributed by atoms with Crippen LogP contribution >= 0.6 is 11.3 Å². The fourth-order valence-electron chi connectivity index (χ4n) is 6.76. The van der Waals surface area contributed by atoms with Gasteiger partial charge >= 0.3 is 0 Å². The Morgan fingerprint density at radius 2 is 1.55 bits per heavy atom. The second kappa shape index (κ2) is 5.47. The van der Waals surface area contributed by atoms with Gasteiger partial charge in [-0.3, -0.25) is 0 Å². The first-order valence-electron chi connectivity index (χ1n) is 11.1. The van der Waals surface area contributed by atoms with Crippen LogP contribution in [0.15, 0.2) is 78.4 Å². The maximum absolute atomic E-state index is 3.49. The molecule has 0 saturated heterocycles. The van der Waals surface area contributed by atoms with Crippen LogP contribution in [-0.2, 0) is 5.41 Å². The molecule has 0 bridgehead atoms. The molecular formula is C30H18S. The van der Waals surface area contributed by atoms with Crippen molar-refractivity contribution in [2.45, 2.75) is 24.7 Å². The molecule has 0 nitrogen and oxygen atoms in total. The number of rotatable bonds is 0. The van der Waals surface area contributed by atoms with Crippen molar-refractivity contribution in [3.05, 3.63) is 113 Å². The number of fused-ring (bicyclic) bond motifs is 13. The Balaban J connectivity index is 1.66. The molecule has 0 N–H and O–H groups in total. The molecule has 8 rings (SSSR count). The summed E-state index contributed by atoms with van der Waals surface area (Å²) < 4.78 is 2.67. The van der Waals surface area contributed by atoms with E-state index in [1.807, 2.05) is 17.4 Å². The number of thiophene rings is 1. The summed E-state index contributed by atoms with van der Waals surface area (Å²) in [6, 6.07) is 34.0. The lowest BCUT2D eigenvalue weighted by atomic mass is 9.68. The Morgan fingerprint density at radius 3 is 2.45 bits per heavy atom. The number of benzene rings is 3. The van der Waals surface area contributed by atoms with Crippen molar-refractivity contribution >= 4 is 37.1 Å². The summed E-state index contributed by atoms with van der Waals surface area (Å²) >= 11 is 1.89. The van der Waals surface area contributed by atoms with E-state index in [0.717, 1.165) is 0 Å². The third-order valence-corrected chi connectivity index (χ3v) is 8.84. The summed E-state index contributed by atoms with van der Waals surface area (Å²) in [7, 11) is 0. The van der Waals surface area contributed by atoms with Crippen LogP contribution in [0.2, 0.25) is 0 Å². The molecule has 1 spiro atoms. The van der Waals surface area contributed by atoms with Gasteiger partial charge < -0.3 is 0 Å². The van der Waals surface area contributed by atoms with Gasteiger partial charge in [0.2, 0.25) is 0 Å². The van der Waals surface area contributed by atoms with E-state index >= 15 is 0 Å². The van der Waals surface area contributed by atoms with Crippen LogP contribution in [0.5, 0.6) is 0 Å². The van der Waals surface area contributed by atoms with Gasteiger partial charge in [0.15, 0.2) is 0 Å². The van der Waals surface area contributed by atoms with E-state index in [1.165, 1.54) is 72.8 Å². The third-order valence-electron chi connectivity index (χ3n) is 7.72. The zero-order chi connectivity index (χ0) is 20.2. The van der Waals surface area contributed by atoms with Gasteiger partial charge in [-0.1, -0.05) is 66.7 Å². The largest absolute Gasteiger partial charge is 0.134 e. The van der Waals surface area contributed by atoms with Crippen LogP contribution in [0.25, 0.3) is 36.9 Å². The first-order valence-corrected chi connectivity index (χ1v) is 11.9.